The summed E-state index contributed by atoms with van der Waals surface area (Å²) in [5.41, 5.74) is 12.9. The summed E-state index contributed by atoms with van der Waals surface area (Å²) in [6.07, 6.45) is 0. The van der Waals surface area contributed by atoms with E-state index in [9.17, 15) is 4.79 Å². The van der Waals surface area contributed by atoms with Crippen LogP contribution in [0.1, 0.15) is 21.5 Å². The number of aliphatic imine (C=N–C) groups is 1. The summed E-state index contributed by atoms with van der Waals surface area (Å²) in [5.74, 6) is 1.18. The Hall–Kier alpha value is -2.72. The molecule has 2 aromatic carbocycles. The van der Waals surface area contributed by atoms with E-state index in [2.05, 4.69) is 14.8 Å². The van der Waals surface area contributed by atoms with E-state index < -0.39 is 5.91 Å². The minimum Gasteiger partial charge on any atom is -0.493 e. The summed E-state index contributed by atoms with van der Waals surface area (Å²) < 4.78 is 16.5. The summed E-state index contributed by atoms with van der Waals surface area (Å²) in [7, 11) is 4.84. The third-order valence-corrected chi connectivity index (χ3v) is 5.93. The van der Waals surface area contributed by atoms with Crippen molar-refractivity contribution >= 4 is 35.9 Å². The highest BCUT2D eigenvalue weighted by Crippen LogP contribution is 2.40. The molecule has 1 saturated heterocycles. The molecule has 4 N–H and O–H groups in total. The van der Waals surface area contributed by atoms with Gasteiger partial charge < -0.3 is 25.7 Å². The van der Waals surface area contributed by atoms with Crippen molar-refractivity contribution in [1.82, 2.24) is 9.80 Å². The second-order valence-corrected chi connectivity index (χ2v) is 8.10. The molecule has 2 aromatic rings. The van der Waals surface area contributed by atoms with Gasteiger partial charge in [0.25, 0.3) is 5.91 Å². The fraction of sp³-hybridized carbons (Fsp3) is 0.391. The third kappa shape index (κ3) is 6.66. The second-order valence-electron chi connectivity index (χ2n) is 7.69. The van der Waals surface area contributed by atoms with Gasteiger partial charge in [0, 0.05) is 55.4 Å². The number of benzene rings is 2. The van der Waals surface area contributed by atoms with Crippen LogP contribution >= 0.6 is 24.0 Å². The minimum absolute atomic E-state index is 0. The van der Waals surface area contributed by atoms with E-state index in [0.717, 1.165) is 43.9 Å². The number of carbonyl (C=O) groups is 1. The fourth-order valence-corrected chi connectivity index (χ4v) is 4.06. The maximum Gasteiger partial charge on any atom is 0.280 e. The van der Waals surface area contributed by atoms with Gasteiger partial charge in [-0.05, 0) is 29.8 Å². The summed E-state index contributed by atoms with van der Waals surface area (Å²) in [4.78, 5) is 20.4. The fourth-order valence-electron chi connectivity index (χ4n) is 3.89. The first-order valence-corrected chi connectivity index (χ1v) is 10.9. The molecule has 1 fully saturated rings. The summed E-state index contributed by atoms with van der Waals surface area (Å²) in [5, 5.41) is 0.605. The Morgan fingerprint density at radius 1 is 0.912 bits per heavy atom. The van der Waals surface area contributed by atoms with Crippen LogP contribution in [0, 0.1) is 0 Å². The highest BCUT2D eigenvalue weighted by atomic mass is 35.5. The van der Waals surface area contributed by atoms with E-state index in [0.29, 0.717) is 34.4 Å². The van der Waals surface area contributed by atoms with Crippen LogP contribution in [0.2, 0.25) is 5.02 Å². The Balaban J connectivity index is 0.00000408. The van der Waals surface area contributed by atoms with Crippen LogP contribution in [0.25, 0.3) is 0 Å². The highest BCUT2D eigenvalue weighted by Gasteiger charge is 2.22. The molecule has 34 heavy (non-hydrogen) atoms. The largest absolute Gasteiger partial charge is 0.493 e. The summed E-state index contributed by atoms with van der Waals surface area (Å²) >= 11 is 6.38. The number of halogens is 2. The molecule has 0 saturated carbocycles. The Bertz CT molecular complexity index is 1020. The van der Waals surface area contributed by atoms with Crippen LogP contribution in [-0.4, -0.2) is 69.2 Å². The lowest BCUT2D eigenvalue weighted by atomic mass is 10.1. The van der Waals surface area contributed by atoms with Gasteiger partial charge in [0.2, 0.25) is 5.75 Å². The third-order valence-electron chi connectivity index (χ3n) is 5.56. The number of hydrogen-bond acceptors (Lipinski definition) is 6. The van der Waals surface area contributed by atoms with Gasteiger partial charge in [0.15, 0.2) is 17.5 Å². The zero-order valence-corrected chi connectivity index (χ0v) is 21.1. The standard InChI is InChI=1S/C23H30ClN5O4.ClH/c1-31-19-7-5-16(20(32-2)21(19)33-3)13-28-8-10-29(11-9-28)14-17-12-15(4-6-18(17)24)22(30)27-23(25)26;/h4-7,12H,8-11,13-14H2,1-3H3,(H4,25,26,27,30);1H. The molecule has 1 heterocycles. The molecule has 1 amide bonds. The highest BCUT2D eigenvalue weighted by molar-refractivity contribution is 6.31. The summed E-state index contributed by atoms with van der Waals surface area (Å²) in [6, 6.07) is 8.97. The van der Waals surface area contributed by atoms with Gasteiger partial charge >= 0.3 is 0 Å². The van der Waals surface area contributed by atoms with Crippen molar-refractivity contribution in [3.63, 3.8) is 0 Å². The molecule has 0 aromatic heterocycles. The number of hydrogen-bond donors (Lipinski definition) is 2. The first-order valence-electron chi connectivity index (χ1n) is 10.5. The Labute approximate surface area is 211 Å². The predicted octanol–water partition coefficient (Wildman–Crippen LogP) is 2.52. The quantitative estimate of drug-likeness (QED) is 0.410. The number of carbonyl (C=O) groups excluding carboxylic acids is 1. The Morgan fingerprint density at radius 2 is 1.50 bits per heavy atom. The lowest BCUT2D eigenvalue weighted by Crippen LogP contribution is -2.45. The topological polar surface area (TPSA) is 116 Å². The maximum atomic E-state index is 12.1. The van der Waals surface area contributed by atoms with Crippen LogP contribution in [0.3, 0.4) is 0 Å². The molecule has 0 bridgehead atoms. The van der Waals surface area contributed by atoms with Crippen molar-refractivity contribution in [2.45, 2.75) is 13.1 Å². The molecule has 1 aliphatic rings. The van der Waals surface area contributed by atoms with E-state index in [1.165, 1.54) is 0 Å². The minimum atomic E-state index is -0.485. The van der Waals surface area contributed by atoms with Crippen molar-refractivity contribution in [3.05, 3.63) is 52.0 Å². The maximum absolute atomic E-state index is 12.1. The number of methoxy groups -OCH3 is 3. The Kier molecular flexibility index (Phi) is 10.2. The van der Waals surface area contributed by atoms with Gasteiger partial charge in [-0.2, -0.15) is 4.99 Å². The molecule has 11 heteroatoms. The zero-order valence-electron chi connectivity index (χ0n) is 19.5. The number of ether oxygens (including phenoxy) is 3. The molecule has 3 rings (SSSR count). The van der Waals surface area contributed by atoms with E-state index in [1.54, 1.807) is 39.5 Å². The van der Waals surface area contributed by atoms with Gasteiger partial charge in [-0.25, -0.2) is 0 Å². The molecular weight excluding hydrogens is 481 g/mol. The number of piperazine rings is 1. The van der Waals surface area contributed by atoms with E-state index >= 15 is 0 Å². The van der Waals surface area contributed by atoms with Crippen molar-refractivity contribution in [2.75, 3.05) is 47.5 Å². The molecule has 9 nitrogen and oxygen atoms in total. The molecule has 1 aliphatic heterocycles. The van der Waals surface area contributed by atoms with Gasteiger partial charge in [0.05, 0.1) is 21.3 Å². The van der Waals surface area contributed by atoms with Crippen LogP contribution < -0.4 is 25.7 Å². The van der Waals surface area contributed by atoms with Gasteiger partial charge in [-0.15, -0.1) is 12.4 Å². The first-order chi connectivity index (χ1) is 15.9. The van der Waals surface area contributed by atoms with E-state index in [4.69, 9.17) is 37.3 Å². The van der Waals surface area contributed by atoms with Gasteiger partial charge in [-0.3, -0.25) is 14.6 Å². The number of amides is 1. The van der Waals surface area contributed by atoms with Crippen molar-refractivity contribution < 1.29 is 19.0 Å². The number of rotatable bonds is 8. The van der Waals surface area contributed by atoms with Crippen molar-refractivity contribution in [1.29, 1.82) is 0 Å². The average molecular weight is 512 g/mol. The molecule has 0 spiro atoms. The molecule has 0 radical (unpaired) electrons. The molecule has 0 aliphatic carbocycles. The molecule has 0 atom stereocenters. The van der Waals surface area contributed by atoms with Crippen LogP contribution in [0.4, 0.5) is 0 Å². The Morgan fingerprint density at radius 3 is 2.03 bits per heavy atom. The van der Waals surface area contributed by atoms with Crippen molar-refractivity contribution in [3.8, 4) is 17.2 Å². The lowest BCUT2D eigenvalue weighted by Gasteiger charge is -2.35. The van der Waals surface area contributed by atoms with Gasteiger partial charge in [0.1, 0.15) is 0 Å². The smallest absolute Gasteiger partial charge is 0.280 e. The normalized spacial score (nSPS) is 14.1. The average Bonchev–Trinajstić information content (AvgIpc) is 2.80. The van der Waals surface area contributed by atoms with E-state index in [1.807, 2.05) is 12.1 Å². The summed E-state index contributed by atoms with van der Waals surface area (Å²) in [6.45, 7) is 4.84. The number of nitrogens with zero attached hydrogens (tertiary/aromatic N) is 3. The van der Waals surface area contributed by atoms with Crippen LogP contribution in [0.5, 0.6) is 17.2 Å². The molecular formula is C23H31Cl2N5O4. The van der Waals surface area contributed by atoms with Crippen molar-refractivity contribution in [2.24, 2.45) is 16.5 Å². The number of guanidine groups is 1. The number of nitrogens with two attached hydrogens (primary N) is 2. The first kappa shape index (κ1) is 27.5. The van der Waals surface area contributed by atoms with Gasteiger partial charge in [-0.1, -0.05) is 17.7 Å². The monoisotopic (exact) mass is 511 g/mol. The van der Waals surface area contributed by atoms with Crippen LogP contribution in [-0.2, 0) is 13.1 Å². The zero-order chi connectivity index (χ0) is 24.0. The SMILES string of the molecule is COc1ccc(CN2CCN(Cc3cc(C(=O)N=C(N)N)ccc3Cl)CC2)c(OC)c1OC.Cl. The molecule has 0 unspecified atom stereocenters. The predicted molar refractivity (Wildman–Crippen MR) is 135 cm³/mol. The second kappa shape index (κ2) is 12.7. The van der Waals surface area contributed by atoms with Crippen LogP contribution in [0.15, 0.2) is 35.3 Å². The molecule has 186 valence electrons. The lowest BCUT2D eigenvalue weighted by molar-refractivity contribution is 0.100. The van der Waals surface area contributed by atoms with E-state index in [-0.39, 0.29) is 18.4 Å².